The van der Waals surface area contributed by atoms with Crippen LogP contribution >= 0.6 is 0 Å². The van der Waals surface area contributed by atoms with Crippen LogP contribution < -0.4 is 14.4 Å². The fraction of sp³-hybridized carbons (Fsp3) is 0.333. The minimum atomic E-state index is -0.278. The monoisotopic (exact) mass is 484 g/mol. The van der Waals surface area contributed by atoms with Gasteiger partial charge in [-0.2, -0.15) is 0 Å². The minimum Gasteiger partial charge on any atom is -0.485 e. The molecule has 6 heteroatoms. The van der Waals surface area contributed by atoms with Crippen LogP contribution in [0.1, 0.15) is 37.7 Å². The third-order valence-corrected chi connectivity index (χ3v) is 7.15. The molecule has 6 nitrogen and oxygen atoms in total. The molecule has 36 heavy (non-hydrogen) atoms. The largest absolute Gasteiger partial charge is 0.485 e. The van der Waals surface area contributed by atoms with Crippen molar-refractivity contribution in [3.63, 3.8) is 0 Å². The van der Waals surface area contributed by atoms with Gasteiger partial charge in [0, 0.05) is 58.3 Å². The van der Waals surface area contributed by atoms with Crippen molar-refractivity contribution in [2.24, 2.45) is 0 Å². The third-order valence-electron chi connectivity index (χ3n) is 7.15. The molecular weight excluding hydrogens is 452 g/mol. The van der Waals surface area contributed by atoms with E-state index in [9.17, 15) is 9.59 Å². The molecule has 5 rings (SSSR count). The van der Waals surface area contributed by atoms with Gasteiger partial charge in [-0.3, -0.25) is 4.79 Å². The number of anilines is 1. The van der Waals surface area contributed by atoms with E-state index in [0.29, 0.717) is 25.9 Å². The summed E-state index contributed by atoms with van der Waals surface area (Å²) in [4.78, 5) is 27.3. The van der Waals surface area contributed by atoms with Crippen LogP contribution in [0.15, 0.2) is 78.9 Å². The number of carbonyl (C=O) groups is 2. The summed E-state index contributed by atoms with van der Waals surface area (Å²) < 4.78 is 12.6. The second-order valence-electron chi connectivity index (χ2n) is 9.57. The molecule has 1 fully saturated rings. The van der Waals surface area contributed by atoms with Crippen molar-refractivity contribution in [1.29, 1.82) is 0 Å². The Hall–Kier alpha value is -3.80. The molecule has 0 saturated carbocycles. The molecule has 0 radical (unpaired) electrons. The molecular formula is C30H32N2O4. The second-order valence-corrected chi connectivity index (χ2v) is 9.57. The summed E-state index contributed by atoms with van der Waals surface area (Å²) in [5, 5.41) is 0. The summed E-state index contributed by atoms with van der Waals surface area (Å²) >= 11 is 0. The maximum Gasteiger partial charge on any atom is 0.223 e. The molecule has 0 bridgehead atoms. The van der Waals surface area contributed by atoms with Gasteiger partial charge in [-0.1, -0.05) is 42.5 Å². The normalized spacial score (nSPS) is 16.6. The summed E-state index contributed by atoms with van der Waals surface area (Å²) in [5.41, 5.74) is 2.03. The Morgan fingerprint density at radius 3 is 2.28 bits per heavy atom. The van der Waals surface area contributed by atoms with E-state index in [1.54, 1.807) is 0 Å². The first-order valence-electron chi connectivity index (χ1n) is 12.7. The molecule has 0 aliphatic carbocycles. The zero-order valence-electron chi connectivity index (χ0n) is 20.5. The average Bonchev–Trinajstić information content (AvgIpc) is 3.06. The number of nitrogens with zero attached hydrogens (tertiary/aromatic N) is 2. The van der Waals surface area contributed by atoms with Crippen molar-refractivity contribution < 1.29 is 19.1 Å². The first-order chi connectivity index (χ1) is 17.6. The molecule has 2 heterocycles. The lowest BCUT2D eigenvalue weighted by atomic mass is 9.87. The van der Waals surface area contributed by atoms with Gasteiger partial charge in [-0.25, -0.2) is 0 Å². The van der Waals surface area contributed by atoms with Crippen LogP contribution in [-0.2, 0) is 16.1 Å². The Bertz CT molecular complexity index is 1170. The molecule has 0 aromatic heterocycles. The molecule has 0 N–H and O–H groups in total. The van der Waals surface area contributed by atoms with Crippen molar-refractivity contribution in [2.75, 3.05) is 24.5 Å². The summed E-state index contributed by atoms with van der Waals surface area (Å²) in [5.74, 6) is 2.61. The van der Waals surface area contributed by atoms with Gasteiger partial charge in [0.25, 0.3) is 0 Å². The molecule has 0 atom stereocenters. The standard InChI is InChI=1S/C30H32N2O4/c33-22-6-11-29(34)31-19-16-30(17-20-31)18-21-32(27-9-4-5-10-28(27)36-30)23-24-12-14-26(15-13-24)35-25-7-2-1-3-8-25/h1-5,7-10,12-15,22H,6,11,16-21,23H2. The van der Waals surface area contributed by atoms with E-state index in [-0.39, 0.29) is 11.5 Å². The van der Waals surface area contributed by atoms with Crippen LogP contribution in [0.3, 0.4) is 0 Å². The van der Waals surface area contributed by atoms with E-state index in [4.69, 9.17) is 9.47 Å². The Morgan fingerprint density at radius 1 is 0.861 bits per heavy atom. The van der Waals surface area contributed by atoms with Gasteiger partial charge in [0.1, 0.15) is 29.1 Å². The highest BCUT2D eigenvalue weighted by Gasteiger charge is 2.40. The second kappa shape index (κ2) is 10.9. The topological polar surface area (TPSA) is 59.1 Å². The summed E-state index contributed by atoms with van der Waals surface area (Å²) in [7, 11) is 0. The first kappa shape index (κ1) is 23.9. The van der Waals surface area contributed by atoms with Crippen molar-refractivity contribution in [3.8, 4) is 17.2 Å². The van der Waals surface area contributed by atoms with Gasteiger partial charge in [-0.15, -0.1) is 0 Å². The highest BCUT2D eigenvalue weighted by Crippen LogP contribution is 2.41. The Morgan fingerprint density at radius 2 is 1.53 bits per heavy atom. The summed E-state index contributed by atoms with van der Waals surface area (Å²) in [6, 6.07) is 26.3. The van der Waals surface area contributed by atoms with Gasteiger partial charge in [0.05, 0.1) is 5.69 Å². The fourth-order valence-electron chi connectivity index (χ4n) is 5.08. The van der Waals surface area contributed by atoms with Crippen molar-refractivity contribution in [1.82, 2.24) is 4.90 Å². The lowest BCUT2D eigenvalue weighted by Crippen LogP contribution is -2.50. The van der Waals surface area contributed by atoms with Crippen molar-refractivity contribution in [3.05, 3.63) is 84.4 Å². The van der Waals surface area contributed by atoms with E-state index >= 15 is 0 Å². The first-order valence-corrected chi connectivity index (χ1v) is 12.7. The maximum absolute atomic E-state index is 12.4. The van der Waals surface area contributed by atoms with Gasteiger partial charge in [0.2, 0.25) is 5.91 Å². The van der Waals surface area contributed by atoms with E-state index in [1.165, 1.54) is 5.56 Å². The number of para-hydroxylation sites is 3. The van der Waals surface area contributed by atoms with E-state index in [2.05, 4.69) is 29.2 Å². The fourth-order valence-corrected chi connectivity index (χ4v) is 5.08. The molecule has 2 aliphatic heterocycles. The number of hydrogen-bond donors (Lipinski definition) is 0. The number of amides is 1. The van der Waals surface area contributed by atoms with E-state index in [1.807, 2.05) is 59.5 Å². The van der Waals surface area contributed by atoms with Crippen LogP contribution in [0.5, 0.6) is 17.2 Å². The minimum absolute atomic E-state index is 0.0623. The predicted octanol–water partition coefficient (Wildman–Crippen LogP) is 5.61. The van der Waals surface area contributed by atoms with Gasteiger partial charge in [0.15, 0.2) is 0 Å². The number of rotatable bonds is 7. The predicted molar refractivity (Wildman–Crippen MR) is 140 cm³/mol. The number of aldehydes is 1. The Balaban J connectivity index is 1.26. The summed E-state index contributed by atoms with van der Waals surface area (Å²) in [6.45, 7) is 2.99. The molecule has 186 valence electrons. The van der Waals surface area contributed by atoms with Crippen LogP contribution in [0, 0.1) is 0 Å². The zero-order valence-corrected chi connectivity index (χ0v) is 20.5. The third kappa shape index (κ3) is 5.54. The van der Waals surface area contributed by atoms with Crippen molar-refractivity contribution >= 4 is 17.9 Å². The molecule has 1 saturated heterocycles. The zero-order chi connectivity index (χ0) is 24.8. The van der Waals surface area contributed by atoms with Crippen LogP contribution in [0.4, 0.5) is 5.69 Å². The Kier molecular flexibility index (Phi) is 7.21. The number of carbonyl (C=O) groups excluding carboxylic acids is 2. The molecule has 3 aromatic carbocycles. The van der Waals surface area contributed by atoms with E-state index in [0.717, 1.165) is 61.6 Å². The molecule has 3 aromatic rings. The lowest BCUT2D eigenvalue weighted by Gasteiger charge is -2.41. The van der Waals surface area contributed by atoms with Crippen LogP contribution in [0.2, 0.25) is 0 Å². The number of ether oxygens (including phenoxy) is 2. The quantitative estimate of drug-likeness (QED) is 0.408. The van der Waals surface area contributed by atoms with Crippen LogP contribution in [0.25, 0.3) is 0 Å². The van der Waals surface area contributed by atoms with Crippen molar-refractivity contribution in [2.45, 2.75) is 44.2 Å². The number of hydrogen-bond acceptors (Lipinski definition) is 5. The maximum atomic E-state index is 12.4. The Labute approximate surface area is 212 Å². The molecule has 0 unspecified atom stereocenters. The number of fused-ring (bicyclic) bond motifs is 1. The van der Waals surface area contributed by atoms with Gasteiger partial charge in [-0.05, 0) is 42.0 Å². The molecule has 1 amide bonds. The average molecular weight is 485 g/mol. The SMILES string of the molecule is O=CCCC(=O)N1CCC2(CC1)CCN(Cc1ccc(Oc3ccccc3)cc1)c1ccccc1O2. The lowest BCUT2D eigenvalue weighted by molar-refractivity contribution is -0.135. The highest BCUT2D eigenvalue weighted by atomic mass is 16.5. The molecule has 2 aliphatic rings. The highest BCUT2D eigenvalue weighted by molar-refractivity contribution is 5.78. The smallest absolute Gasteiger partial charge is 0.223 e. The number of likely N-dealkylation sites (tertiary alicyclic amines) is 1. The number of piperidine rings is 1. The van der Waals surface area contributed by atoms with Gasteiger partial charge < -0.3 is 24.1 Å². The number of benzene rings is 3. The summed E-state index contributed by atoms with van der Waals surface area (Å²) in [6.07, 6.45) is 3.89. The van der Waals surface area contributed by atoms with E-state index < -0.39 is 0 Å². The van der Waals surface area contributed by atoms with Crippen LogP contribution in [-0.4, -0.2) is 42.3 Å². The molecule has 1 spiro atoms. The van der Waals surface area contributed by atoms with Gasteiger partial charge >= 0.3 is 0 Å².